The van der Waals surface area contributed by atoms with Gasteiger partial charge in [0.2, 0.25) is 0 Å². The van der Waals surface area contributed by atoms with Crippen molar-refractivity contribution in [3.05, 3.63) is 77.3 Å². The number of anilines is 2. The molecule has 30 heavy (non-hydrogen) atoms. The van der Waals surface area contributed by atoms with Crippen LogP contribution in [0.15, 0.2) is 60.9 Å². The van der Waals surface area contributed by atoms with Crippen LogP contribution in [0.2, 0.25) is 5.02 Å². The number of fused-ring (bicyclic) bond motifs is 1. The van der Waals surface area contributed by atoms with Gasteiger partial charge in [0.25, 0.3) is 0 Å². The maximum atomic E-state index is 14.2. The van der Waals surface area contributed by atoms with Crippen LogP contribution in [0, 0.1) is 5.82 Å². The van der Waals surface area contributed by atoms with Crippen LogP contribution in [-0.2, 0) is 6.61 Å². The average molecular weight is 426 g/mol. The van der Waals surface area contributed by atoms with Crippen LogP contribution in [0.4, 0.5) is 15.9 Å². The smallest absolute Gasteiger partial charge is 0.163 e. The lowest BCUT2D eigenvalue weighted by molar-refractivity contribution is 0.285. The Labute approximate surface area is 176 Å². The van der Waals surface area contributed by atoms with Gasteiger partial charge in [0.15, 0.2) is 11.5 Å². The third-order valence-corrected chi connectivity index (χ3v) is 4.75. The summed E-state index contributed by atoms with van der Waals surface area (Å²) in [5, 5.41) is 13.2. The molecule has 0 unspecified atom stereocenters. The largest absolute Gasteiger partial charge is 0.506 e. The van der Waals surface area contributed by atoms with Crippen molar-refractivity contribution in [2.75, 3.05) is 12.4 Å². The minimum absolute atomic E-state index is 0.0280. The highest BCUT2D eigenvalue weighted by Gasteiger charge is 2.14. The van der Waals surface area contributed by atoms with E-state index in [2.05, 4.69) is 15.3 Å². The van der Waals surface area contributed by atoms with Crippen molar-refractivity contribution in [1.82, 2.24) is 9.97 Å². The van der Waals surface area contributed by atoms with Gasteiger partial charge in [-0.1, -0.05) is 41.9 Å². The molecular weight excluding hydrogens is 409 g/mol. The van der Waals surface area contributed by atoms with E-state index < -0.39 is 5.82 Å². The number of aromatic nitrogens is 2. The zero-order valence-electron chi connectivity index (χ0n) is 15.9. The van der Waals surface area contributed by atoms with Crippen molar-refractivity contribution in [2.45, 2.75) is 6.61 Å². The Morgan fingerprint density at radius 3 is 2.63 bits per heavy atom. The molecule has 152 valence electrons. The van der Waals surface area contributed by atoms with E-state index in [1.165, 1.54) is 19.5 Å². The van der Waals surface area contributed by atoms with Gasteiger partial charge in [0.1, 0.15) is 30.3 Å². The Hall–Kier alpha value is -3.58. The minimum atomic E-state index is -0.626. The number of phenolic OH excluding ortho intramolecular Hbond substituents is 1. The highest BCUT2D eigenvalue weighted by molar-refractivity contribution is 6.32. The number of nitrogens with zero attached hydrogens (tertiary/aromatic N) is 2. The van der Waals surface area contributed by atoms with Crippen molar-refractivity contribution in [3.63, 3.8) is 0 Å². The van der Waals surface area contributed by atoms with E-state index in [-0.39, 0.29) is 16.5 Å². The normalized spacial score (nSPS) is 10.8. The number of rotatable bonds is 6. The molecule has 0 aliphatic carbocycles. The van der Waals surface area contributed by atoms with Gasteiger partial charge in [-0.25, -0.2) is 14.4 Å². The third-order valence-electron chi connectivity index (χ3n) is 4.45. The molecule has 0 aliphatic heterocycles. The van der Waals surface area contributed by atoms with Crippen LogP contribution in [-0.4, -0.2) is 22.2 Å². The molecule has 1 heterocycles. The lowest BCUT2D eigenvalue weighted by Crippen LogP contribution is -2.01. The monoisotopic (exact) mass is 425 g/mol. The lowest BCUT2D eigenvalue weighted by Gasteiger charge is -2.14. The van der Waals surface area contributed by atoms with Gasteiger partial charge in [0.05, 0.1) is 23.3 Å². The van der Waals surface area contributed by atoms with Gasteiger partial charge >= 0.3 is 0 Å². The van der Waals surface area contributed by atoms with Crippen molar-refractivity contribution in [3.8, 4) is 17.2 Å². The van der Waals surface area contributed by atoms with Gasteiger partial charge in [-0.3, -0.25) is 0 Å². The number of phenols is 1. The molecule has 0 atom stereocenters. The van der Waals surface area contributed by atoms with Gasteiger partial charge < -0.3 is 19.9 Å². The molecule has 2 N–H and O–H groups in total. The summed E-state index contributed by atoms with van der Waals surface area (Å²) in [6.07, 6.45) is 1.35. The number of hydrogen-bond donors (Lipinski definition) is 2. The summed E-state index contributed by atoms with van der Waals surface area (Å²) in [7, 11) is 1.53. The van der Waals surface area contributed by atoms with E-state index in [4.69, 9.17) is 21.1 Å². The summed E-state index contributed by atoms with van der Waals surface area (Å²) < 4.78 is 25.6. The van der Waals surface area contributed by atoms with Gasteiger partial charge in [0, 0.05) is 17.5 Å². The van der Waals surface area contributed by atoms with Crippen molar-refractivity contribution >= 4 is 34.0 Å². The first-order chi connectivity index (χ1) is 14.5. The second-order valence-corrected chi connectivity index (χ2v) is 6.83. The predicted octanol–water partition coefficient (Wildman–Crippen LogP) is 5.46. The van der Waals surface area contributed by atoms with Gasteiger partial charge in [-0.05, 0) is 17.7 Å². The summed E-state index contributed by atoms with van der Waals surface area (Å²) in [4.78, 5) is 8.47. The zero-order valence-corrected chi connectivity index (χ0v) is 16.7. The first-order valence-electron chi connectivity index (χ1n) is 8.99. The van der Waals surface area contributed by atoms with Crippen molar-refractivity contribution in [2.24, 2.45) is 0 Å². The SMILES string of the molecule is COc1cc2c(Nc3cc(O)c(Cl)cc3F)ncnc2cc1OCc1ccccc1. The van der Waals surface area contributed by atoms with E-state index in [0.717, 1.165) is 11.6 Å². The van der Waals surface area contributed by atoms with E-state index in [1.807, 2.05) is 30.3 Å². The Morgan fingerprint density at radius 1 is 1.07 bits per heavy atom. The fraction of sp³-hybridized carbons (Fsp3) is 0.0909. The second-order valence-electron chi connectivity index (χ2n) is 6.43. The van der Waals surface area contributed by atoms with Crippen LogP contribution in [0.5, 0.6) is 17.2 Å². The number of benzene rings is 3. The summed E-state index contributed by atoms with van der Waals surface area (Å²) in [5.74, 6) is 0.477. The topological polar surface area (TPSA) is 76.5 Å². The molecule has 0 bridgehead atoms. The Balaban J connectivity index is 1.68. The van der Waals surface area contributed by atoms with Crippen LogP contribution < -0.4 is 14.8 Å². The highest BCUT2D eigenvalue weighted by atomic mass is 35.5. The van der Waals surface area contributed by atoms with Crippen LogP contribution in [0.25, 0.3) is 10.9 Å². The molecule has 4 aromatic rings. The highest BCUT2D eigenvalue weighted by Crippen LogP contribution is 2.36. The lowest BCUT2D eigenvalue weighted by atomic mass is 10.2. The number of methoxy groups -OCH3 is 1. The van der Waals surface area contributed by atoms with E-state index in [0.29, 0.717) is 34.8 Å². The number of ether oxygens (including phenoxy) is 2. The number of aromatic hydroxyl groups is 1. The Bertz CT molecular complexity index is 1210. The summed E-state index contributed by atoms with van der Waals surface area (Å²) in [6.45, 7) is 0.369. The van der Waals surface area contributed by atoms with Gasteiger partial charge in [-0.15, -0.1) is 0 Å². The summed E-state index contributed by atoms with van der Waals surface area (Å²) >= 11 is 5.74. The fourth-order valence-corrected chi connectivity index (χ4v) is 3.08. The van der Waals surface area contributed by atoms with Crippen LogP contribution in [0.3, 0.4) is 0 Å². The fourth-order valence-electron chi connectivity index (χ4n) is 2.93. The summed E-state index contributed by atoms with van der Waals surface area (Å²) in [6, 6.07) is 15.4. The molecule has 0 saturated heterocycles. The maximum absolute atomic E-state index is 14.2. The first kappa shape index (κ1) is 19.7. The Morgan fingerprint density at radius 2 is 1.87 bits per heavy atom. The molecule has 6 nitrogen and oxygen atoms in total. The molecular formula is C22H17ClFN3O3. The van der Waals surface area contributed by atoms with E-state index in [9.17, 15) is 9.50 Å². The van der Waals surface area contributed by atoms with Crippen molar-refractivity contribution < 1.29 is 19.0 Å². The molecule has 0 radical (unpaired) electrons. The number of halogens is 2. The maximum Gasteiger partial charge on any atom is 0.163 e. The number of nitrogens with one attached hydrogen (secondary N) is 1. The average Bonchev–Trinajstić information content (AvgIpc) is 2.76. The third kappa shape index (κ3) is 4.06. The van der Waals surface area contributed by atoms with Crippen molar-refractivity contribution in [1.29, 1.82) is 0 Å². The first-order valence-corrected chi connectivity index (χ1v) is 9.37. The Kier molecular flexibility index (Phi) is 5.54. The number of hydrogen-bond acceptors (Lipinski definition) is 6. The van der Waals surface area contributed by atoms with Crippen LogP contribution >= 0.6 is 11.6 Å². The molecule has 0 amide bonds. The molecule has 1 aromatic heterocycles. The van der Waals surface area contributed by atoms with Gasteiger partial charge in [-0.2, -0.15) is 0 Å². The molecule has 0 fully saturated rings. The molecule has 0 aliphatic rings. The predicted molar refractivity (Wildman–Crippen MR) is 113 cm³/mol. The second kappa shape index (κ2) is 8.42. The molecule has 0 saturated carbocycles. The molecule has 3 aromatic carbocycles. The minimum Gasteiger partial charge on any atom is -0.506 e. The van der Waals surface area contributed by atoms with E-state index in [1.54, 1.807) is 12.1 Å². The van der Waals surface area contributed by atoms with E-state index >= 15 is 0 Å². The summed E-state index contributed by atoms with van der Waals surface area (Å²) in [5.41, 5.74) is 1.62. The molecule has 8 heteroatoms. The standard InChI is InChI=1S/C22H17ClFN3O3/c1-29-20-7-14-17(10-21(20)30-11-13-5-3-2-4-6-13)25-12-26-22(14)27-18-9-19(28)15(23)8-16(18)24/h2-10,12,28H,11H2,1H3,(H,25,26,27). The molecule has 0 spiro atoms. The van der Waals surface area contributed by atoms with Crippen LogP contribution in [0.1, 0.15) is 5.56 Å². The zero-order chi connectivity index (χ0) is 21.1. The molecule has 4 rings (SSSR count). The quantitative estimate of drug-likeness (QED) is 0.427.